The third kappa shape index (κ3) is 3.78. The quantitative estimate of drug-likeness (QED) is 0.624. The Labute approximate surface area is 139 Å². The number of hydrogen-bond acceptors (Lipinski definition) is 4. The zero-order valence-electron chi connectivity index (χ0n) is 12.8. The molecule has 0 fully saturated rings. The molecule has 0 spiro atoms. The summed E-state index contributed by atoms with van der Waals surface area (Å²) in [6, 6.07) is 10.9. The van der Waals surface area contributed by atoms with Crippen LogP contribution in [0.5, 0.6) is 0 Å². The van der Waals surface area contributed by atoms with E-state index in [0.29, 0.717) is 0 Å². The van der Waals surface area contributed by atoms with Crippen LogP contribution < -0.4 is 0 Å². The lowest BCUT2D eigenvalue weighted by Gasteiger charge is -2.08. The molecular weight excluding hydrogens is 310 g/mol. The molecule has 22 heavy (non-hydrogen) atoms. The molecule has 0 unspecified atom stereocenters. The largest absolute Gasteiger partial charge is 0.308 e. The number of hydrogen-bond donors (Lipinski definition) is 0. The van der Waals surface area contributed by atoms with Crippen LogP contribution in [-0.4, -0.2) is 14.8 Å². The number of nitrogens with zero attached hydrogens (tertiary/aromatic N) is 3. The summed E-state index contributed by atoms with van der Waals surface area (Å²) in [7, 11) is 0. The van der Waals surface area contributed by atoms with Crippen molar-refractivity contribution < 1.29 is 0 Å². The highest BCUT2D eigenvalue weighted by atomic mass is 32.2. The topological polar surface area (TPSA) is 30.7 Å². The molecule has 0 aliphatic heterocycles. The van der Waals surface area contributed by atoms with Gasteiger partial charge in [0, 0.05) is 17.2 Å². The Kier molecular flexibility index (Phi) is 4.95. The van der Waals surface area contributed by atoms with Crippen LogP contribution in [0.1, 0.15) is 21.6 Å². The lowest BCUT2D eigenvalue weighted by atomic mass is 10.1. The van der Waals surface area contributed by atoms with Gasteiger partial charge in [-0.05, 0) is 42.8 Å². The summed E-state index contributed by atoms with van der Waals surface area (Å²) in [5, 5.41) is 11.5. The van der Waals surface area contributed by atoms with E-state index < -0.39 is 0 Å². The summed E-state index contributed by atoms with van der Waals surface area (Å²) < 4.78 is 2.15. The second-order valence-corrected chi connectivity index (χ2v) is 7.33. The molecule has 3 aromatic rings. The van der Waals surface area contributed by atoms with Crippen LogP contribution in [0.25, 0.3) is 0 Å². The maximum absolute atomic E-state index is 4.26. The number of rotatable bonds is 6. The number of aryl methyl sites for hydroxylation is 4. The Morgan fingerprint density at radius 1 is 1.23 bits per heavy atom. The molecule has 0 bridgehead atoms. The molecule has 114 valence electrons. The summed E-state index contributed by atoms with van der Waals surface area (Å²) >= 11 is 3.56. The lowest BCUT2D eigenvalue weighted by Crippen LogP contribution is -2.01. The van der Waals surface area contributed by atoms with Gasteiger partial charge in [-0.15, -0.1) is 21.5 Å². The molecule has 0 N–H and O–H groups in total. The van der Waals surface area contributed by atoms with Crippen molar-refractivity contribution in [1.82, 2.24) is 14.8 Å². The molecule has 0 saturated heterocycles. The smallest absolute Gasteiger partial charge is 0.191 e. The minimum atomic E-state index is 0.933. The van der Waals surface area contributed by atoms with Crippen molar-refractivity contribution in [3.8, 4) is 0 Å². The van der Waals surface area contributed by atoms with Crippen molar-refractivity contribution in [3.05, 3.63) is 63.6 Å². The Hall–Kier alpha value is -1.59. The standard InChI is InChI=1S/C17H19N3S2/c1-13-5-6-14(2)15(10-13)11-22-17-19-18-12-20(17)8-7-16-4-3-9-21-16/h3-6,9-10,12H,7-8,11H2,1-2H3. The Morgan fingerprint density at radius 2 is 2.14 bits per heavy atom. The Bertz CT molecular complexity index is 732. The Balaban J connectivity index is 1.63. The molecule has 0 aliphatic rings. The van der Waals surface area contributed by atoms with E-state index in [4.69, 9.17) is 0 Å². The van der Waals surface area contributed by atoms with Crippen molar-refractivity contribution in [1.29, 1.82) is 0 Å². The maximum atomic E-state index is 4.26. The highest BCUT2D eigenvalue weighted by Gasteiger charge is 2.07. The minimum Gasteiger partial charge on any atom is -0.308 e. The van der Waals surface area contributed by atoms with Crippen LogP contribution in [-0.2, 0) is 18.7 Å². The average molecular weight is 329 g/mol. The van der Waals surface area contributed by atoms with E-state index in [-0.39, 0.29) is 0 Å². The molecule has 2 aromatic heterocycles. The highest BCUT2D eigenvalue weighted by molar-refractivity contribution is 7.98. The first kappa shape index (κ1) is 15.3. The monoisotopic (exact) mass is 329 g/mol. The summed E-state index contributed by atoms with van der Waals surface area (Å²) in [6.07, 6.45) is 2.87. The molecule has 2 heterocycles. The molecule has 0 saturated carbocycles. The SMILES string of the molecule is Cc1ccc(C)c(CSc2nncn2CCc2cccs2)c1. The third-order valence-corrected chi connectivity index (χ3v) is 5.59. The van der Waals surface area contributed by atoms with Crippen molar-refractivity contribution >= 4 is 23.1 Å². The van der Waals surface area contributed by atoms with E-state index in [9.17, 15) is 0 Å². The van der Waals surface area contributed by atoms with E-state index in [1.165, 1.54) is 21.6 Å². The van der Waals surface area contributed by atoms with Crippen molar-refractivity contribution in [2.45, 2.75) is 37.7 Å². The van der Waals surface area contributed by atoms with Gasteiger partial charge in [0.05, 0.1) is 0 Å². The van der Waals surface area contributed by atoms with Crippen LogP contribution >= 0.6 is 23.1 Å². The molecule has 0 atom stereocenters. The van der Waals surface area contributed by atoms with Crippen LogP contribution in [0.3, 0.4) is 0 Å². The summed E-state index contributed by atoms with van der Waals surface area (Å²) in [5.74, 6) is 0.936. The second kappa shape index (κ2) is 7.11. The van der Waals surface area contributed by atoms with Crippen molar-refractivity contribution in [2.75, 3.05) is 0 Å². The van der Waals surface area contributed by atoms with Crippen molar-refractivity contribution in [2.24, 2.45) is 0 Å². The third-order valence-electron chi connectivity index (χ3n) is 3.62. The van der Waals surface area contributed by atoms with Gasteiger partial charge in [0.1, 0.15) is 6.33 Å². The second-order valence-electron chi connectivity index (χ2n) is 5.35. The number of benzene rings is 1. The van der Waals surface area contributed by atoms with Crippen LogP contribution in [0, 0.1) is 13.8 Å². The lowest BCUT2D eigenvalue weighted by molar-refractivity contribution is 0.637. The fraction of sp³-hybridized carbons (Fsp3) is 0.294. The van der Waals surface area contributed by atoms with Gasteiger partial charge in [-0.3, -0.25) is 0 Å². The normalized spacial score (nSPS) is 11.0. The molecule has 0 amide bonds. The summed E-state index contributed by atoms with van der Waals surface area (Å²) in [4.78, 5) is 1.40. The first-order valence-electron chi connectivity index (χ1n) is 7.31. The van der Waals surface area contributed by atoms with Crippen LogP contribution in [0.4, 0.5) is 0 Å². The number of thiophene rings is 1. The van der Waals surface area contributed by atoms with E-state index in [2.05, 4.69) is 64.3 Å². The van der Waals surface area contributed by atoms with Gasteiger partial charge in [0.2, 0.25) is 0 Å². The first-order chi connectivity index (χ1) is 10.7. The molecule has 5 heteroatoms. The maximum Gasteiger partial charge on any atom is 0.191 e. The number of aromatic nitrogens is 3. The predicted molar refractivity (Wildman–Crippen MR) is 93.5 cm³/mol. The first-order valence-corrected chi connectivity index (χ1v) is 9.18. The van der Waals surface area contributed by atoms with Gasteiger partial charge >= 0.3 is 0 Å². The van der Waals surface area contributed by atoms with Crippen LogP contribution in [0.15, 0.2) is 47.2 Å². The van der Waals surface area contributed by atoms with Crippen LogP contribution in [0.2, 0.25) is 0 Å². The molecule has 3 nitrogen and oxygen atoms in total. The van der Waals surface area contributed by atoms with Crippen molar-refractivity contribution in [3.63, 3.8) is 0 Å². The highest BCUT2D eigenvalue weighted by Crippen LogP contribution is 2.23. The van der Waals surface area contributed by atoms with Gasteiger partial charge in [-0.1, -0.05) is 41.6 Å². The Morgan fingerprint density at radius 3 is 2.95 bits per heavy atom. The van der Waals surface area contributed by atoms with Gasteiger partial charge < -0.3 is 4.57 Å². The molecule has 1 aromatic carbocycles. The van der Waals surface area contributed by atoms with E-state index >= 15 is 0 Å². The van der Waals surface area contributed by atoms with Gasteiger partial charge in [-0.25, -0.2) is 0 Å². The van der Waals surface area contributed by atoms with E-state index in [1.807, 2.05) is 6.33 Å². The van der Waals surface area contributed by atoms with Gasteiger partial charge in [0.15, 0.2) is 5.16 Å². The average Bonchev–Trinajstić information content (AvgIpc) is 3.17. The van der Waals surface area contributed by atoms with E-state index in [1.54, 1.807) is 23.1 Å². The molecule has 3 rings (SSSR count). The van der Waals surface area contributed by atoms with E-state index in [0.717, 1.165) is 23.9 Å². The zero-order chi connectivity index (χ0) is 15.4. The minimum absolute atomic E-state index is 0.933. The summed E-state index contributed by atoms with van der Waals surface area (Å²) in [5.41, 5.74) is 4.01. The van der Waals surface area contributed by atoms with Gasteiger partial charge in [0.25, 0.3) is 0 Å². The molecule has 0 radical (unpaired) electrons. The fourth-order valence-electron chi connectivity index (χ4n) is 2.29. The zero-order valence-corrected chi connectivity index (χ0v) is 14.5. The predicted octanol–water partition coefficient (Wildman–Crippen LogP) is 4.49. The fourth-order valence-corrected chi connectivity index (χ4v) is 4.00. The van der Waals surface area contributed by atoms with Gasteiger partial charge in [-0.2, -0.15) is 0 Å². The summed E-state index contributed by atoms with van der Waals surface area (Å²) in [6.45, 7) is 5.23. The molecule has 0 aliphatic carbocycles. The molecular formula is C17H19N3S2. The number of thioether (sulfide) groups is 1.